The summed E-state index contributed by atoms with van der Waals surface area (Å²) in [6.45, 7) is 3.16. The lowest BCUT2D eigenvalue weighted by Gasteiger charge is -2.43. The standard InChI is InChI=1S/C20H22N2O2/c23-20(24-19-14-22-12-10-16(19)11-13-22)21-18-9-5-4-8-17(18)15-6-2-1-3-7-15/h1-9,16,19H,10-14H2,(H,21,23). The maximum absolute atomic E-state index is 12.4. The van der Waals surface area contributed by atoms with E-state index < -0.39 is 0 Å². The lowest BCUT2D eigenvalue weighted by Crippen LogP contribution is -2.52. The molecule has 4 nitrogen and oxygen atoms in total. The minimum absolute atomic E-state index is 0.0244. The predicted octanol–water partition coefficient (Wildman–Crippen LogP) is 4.00. The third-order valence-corrected chi connectivity index (χ3v) is 5.10. The Hall–Kier alpha value is -2.33. The maximum Gasteiger partial charge on any atom is 0.411 e. The molecule has 2 aromatic carbocycles. The van der Waals surface area contributed by atoms with Gasteiger partial charge >= 0.3 is 6.09 Å². The number of nitrogens with zero attached hydrogens (tertiary/aromatic N) is 1. The molecule has 0 spiro atoms. The largest absolute Gasteiger partial charge is 0.444 e. The highest BCUT2D eigenvalue weighted by molar-refractivity contribution is 5.91. The van der Waals surface area contributed by atoms with Crippen LogP contribution in [-0.2, 0) is 4.74 Å². The third-order valence-electron chi connectivity index (χ3n) is 5.10. The van der Waals surface area contributed by atoms with E-state index in [2.05, 4.69) is 10.2 Å². The van der Waals surface area contributed by atoms with Crippen LogP contribution in [0.25, 0.3) is 11.1 Å². The molecule has 1 unspecified atom stereocenters. The third kappa shape index (κ3) is 3.15. The van der Waals surface area contributed by atoms with Crippen LogP contribution >= 0.6 is 0 Å². The Morgan fingerprint density at radius 1 is 1.00 bits per heavy atom. The number of anilines is 1. The number of rotatable bonds is 3. The summed E-state index contributed by atoms with van der Waals surface area (Å²) < 4.78 is 5.73. The number of hydrogen-bond acceptors (Lipinski definition) is 3. The molecule has 4 heteroatoms. The molecule has 1 N–H and O–H groups in total. The van der Waals surface area contributed by atoms with Gasteiger partial charge in [0, 0.05) is 12.1 Å². The van der Waals surface area contributed by atoms with Crippen molar-refractivity contribution in [3.8, 4) is 11.1 Å². The second-order valence-corrected chi connectivity index (χ2v) is 6.62. The van der Waals surface area contributed by atoms with Crippen molar-refractivity contribution in [1.29, 1.82) is 0 Å². The van der Waals surface area contributed by atoms with Gasteiger partial charge < -0.3 is 4.74 Å². The van der Waals surface area contributed by atoms with E-state index in [0.29, 0.717) is 5.92 Å². The van der Waals surface area contributed by atoms with Gasteiger partial charge in [-0.05, 0) is 43.5 Å². The Morgan fingerprint density at radius 2 is 1.71 bits per heavy atom. The van der Waals surface area contributed by atoms with Crippen LogP contribution in [0.2, 0.25) is 0 Å². The van der Waals surface area contributed by atoms with Crippen LogP contribution in [0.1, 0.15) is 12.8 Å². The van der Waals surface area contributed by atoms with Crippen molar-refractivity contribution in [2.75, 3.05) is 25.0 Å². The molecule has 24 heavy (non-hydrogen) atoms. The lowest BCUT2D eigenvalue weighted by molar-refractivity contribution is -0.0289. The smallest absolute Gasteiger partial charge is 0.411 e. The van der Waals surface area contributed by atoms with E-state index >= 15 is 0 Å². The Morgan fingerprint density at radius 3 is 2.42 bits per heavy atom. The monoisotopic (exact) mass is 322 g/mol. The van der Waals surface area contributed by atoms with Gasteiger partial charge in [-0.1, -0.05) is 48.5 Å². The number of ether oxygens (including phenoxy) is 1. The summed E-state index contributed by atoms with van der Waals surface area (Å²) in [5.74, 6) is 0.519. The van der Waals surface area contributed by atoms with E-state index in [1.807, 2.05) is 54.6 Å². The Labute approximate surface area is 142 Å². The van der Waals surface area contributed by atoms with Gasteiger partial charge in [-0.2, -0.15) is 0 Å². The first kappa shape index (κ1) is 15.2. The van der Waals surface area contributed by atoms with Crippen molar-refractivity contribution < 1.29 is 9.53 Å². The summed E-state index contributed by atoms with van der Waals surface area (Å²) >= 11 is 0. The zero-order chi connectivity index (χ0) is 16.4. The van der Waals surface area contributed by atoms with Crippen molar-refractivity contribution in [1.82, 2.24) is 4.90 Å². The van der Waals surface area contributed by atoms with E-state index in [9.17, 15) is 4.79 Å². The lowest BCUT2D eigenvalue weighted by atomic mass is 9.86. The second-order valence-electron chi connectivity index (χ2n) is 6.62. The van der Waals surface area contributed by atoms with Crippen LogP contribution in [0.15, 0.2) is 54.6 Å². The molecular formula is C20H22N2O2. The van der Waals surface area contributed by atoms with Crippen LogP contribution in [0.5, 0.6) is 0 Å². The highest BCUT2D eigenvalue weighted by Crippen LogP contribution is 2.31. The average molecular weight is 322 g/mol. The predicted molar refractivity (Wildman–Crippen MR) is 94.9 cm³/mol. The molecular weight excluding hydrogens is 300 g/mol. The van der Waals surface area contributed by atoms with Crippen molar-refractivity contribution in [3.05, 3.63) is 54.6 Å². The molecule has 124 valence electrons. The van der Waals surface area contributed by atoms with Gasteiger partial charge in [0.1, 0.15) is 6.10 Å². The van der Waals surface area contributed by atoms with Gasteiger partial charge in [0.2, 0.25) is 0 Å². The number of piperidine rings is 3. The van der Waals surface area contributed by atoms with Crippen molar-refractivity contribution in [2.24, 2.45) is 5.92 Å². The van der Waals surface area contributed by atoms with Crippen LogP contribution < -0.4 is 5.32 Å². The van der Waals surface area contributed by atoms with Gasteiger partial charge in [0.15, 0.2) is 0 Å². The number of hydrogen-bond donors (Lipinski definition) is 1. The highest BCUT2D eigenvalue weighted by atomic mass is 16.6. The topological polar surface area (TPSA) is 41.6 Å². The normalized spacial score (nSPS) is 25.2. The average Bonchev–Trinajstić information content (AvgIpc) is 2.64. The zero-order valence-electron chi connectivity index (χ0n) is 13.7. The van der Waals surface area contributed by atoms with Crippen molar-refractivity contribution in [2.45, 2.75) is 18.9 Å². The second kappa shape index (κ2) is 6.65. The quantitative estimate of drug-likeness (QED) is 0.929. The van der Waals surface area contributed by atoms with Gasteiger partial charge in [-0.3, -0.25) is 10.2 Å². The summed E-state index contributed by atoms with van der Waals surface area (Å²) in [5.41, 5.74) is 2.87. The van der Waals surface area contributed by atoms with E-state index in [0.717, 1.165) is 49.3 Å². The molecule has 1 amide bonds. The van der Waals surface area contributed by atoms with Gasteiger partial charge in [0.25, 0.3) is 0 Å². The fourth-order valence-corrected chi connectivity index (χ4v) is 3.78. The first-order valence-electron chi connectivity index (χ1n) is 8.64. The zero-order valence-corrected chi connectivity index (χ0v) is 13.7. The van der Waals surface area contributed by atoms with Gasteiger partial charge in [-0.15, -0.1) is 0 Å². The maximum atomic E-state index is 12.4. The minimum atomic E-state index is -0.350. The summed E-state index contributed by atoms with van der Waals surface area (Å²) in [6, 6.07) is 17.9. The molecule has 0 aromatic heterocycles. The molecule has 2 aromatic rings. The number of fused-ring (bicyclic) bond motifs is 3. The van der Waals surface area contributed by atoms with E-state index in [4.69, 9.17) is 4.74 Å². The summed E-state index contributed by atoms with van der Waals surface area (Å²) in [4.78, 5) is 14.8. The molecule has 1 atom stereocenters. The van der Waals surface area contributed by atoms with Crippen LogP contribution in [0.3, 0.4) is 0 Å². The number of amides is 1. The fourth-order valence-electron chi connectivity index (χ4n) is 3.78. The molecule has 3 fully saturated rings. The molecule has 3 heterocycles. The number of carbonyl (C=O) groups excluding carboxylic acids is 1. The molecule has 3 aliphatic heterocycles. The molecule has 3 aliphatic rings. The SMILES string of the molecule is O=C(Nc1ccccc1-c1ccccc1)OC1CN2CCC1CC2. The Balaban J connectivity index is 1.47. The summed E-state index contributed by atoms with van der Waals surface area (Å²) in [6.07, 6.45) is 1.95. The number of benzene rings is 2. The number of nitrogens with one attached hydrogen (secondary N) is 1. The highest BCUT2D eigenvalue weighted by Gasteiger charge is 2.36. The van der Waals surface area contributed by atoms with E-state index in [-0.39, 0.29) is 12.2 Å². The molecule has 0 saturated carbocycles. The molecule has 0 radical (unpaired) electrons. The van der Waals surface area contributed by atoms with Crippen LogP contribution in [-0.4, -0.2) is 36.7 Å². The minimum Gasteiger partial charge on any atom is -0.444 e. The number of para-hydroxylation sites is 1. The van der Waals surface area contributed by atoms with E-state index in [1.54, 1.807) is 0 Å². The van der Waals surface area contributed by atoms with Crippen LogP contribution in [0.4, 0.5) is 10.5 Å². The fraction of sp³-hybridized carbons (Fsp3) is 0.350. The van der Waals surface area contributed by atoms with E-state index in [1.165, 1.54) is 0 Å². The number of carbonyl (C=O) groups is 1. The van der Waals surface area contributed by atoms with Crippen LogP contribution in [0, 0.1) is 5.92 Å². The summed E-state index contributed by atoms with van der Waals surface area (Å²) in [5, 5.41) is 2.94. The first-order valence-corrected chi connectivity index (χ1v) is 8.64. The van der Waals surface area contributed by atoms with Crippen molar-refractivity contribution in [3.63, 3.8) is 0 Å². The first-order chi connectivity index (χ1) is 11.8. The molecule has 3 saturated heterocycles. The van der Waals surface area contributed by atoms with Crippen molar-refractivity contribution >= 4 is 11.8 Å². The molecule has 0 aliphatic carbocycles. The van der Waals surface area contributed by atoms with Gasteiger partial charge in [0.05, 0.1) is 5.69 Å². The Kier molecular flexibility index (Phi) is 4.22. The molecule has 2 bridgehead atoms. The summed E-state index contributed by atoms with van der Waals surface area (Å²) in [7, 11) is 0. The Bertz CT molecular complexity index is 709. The van der Waals surface area contributed by atoms with Gasteiger partial charge in [-0.25, -0.2) is 4.79 Å². The molecule has 5 rings (SSSR count).